The molecular weight excluding hydrogens is 288 g/mol. The van der Waals surface area contributed by atoms with Crippen LogP contribution in [0.5, 0.6) is 0 Å². The lowest BCUT2D eigenvalue weighted by atomic mass is 9.88. The first-order valence-electron chi connectivity index (χ1n) is 7.85. The second-order valence-corrected chi connectivity index (χ2v) is 6.11. The summed E-state index contributed by atoms with van der Waals surface area (Å²) in [5.74, 6) is -0.211. The number of amides is 2. The van der Waals surface area contributed by atoms with Gasteiger partial charge in [0.05, 0.1) is 0 Å². The molecule has 23 heavy (non-hydrogen) atoms. The fourth-order valence-corrected chi connectivity index (χ4v) is 3.70. The number of carbonyl (C=O) groups is 2. The van der Waals surface area contributed by atoms with E-state index in [1.807, 2.05) is 36.4 Å². The van der Waals surface area contributed by atoms with Crippen molar-refractivity contribution < 1.29 is 9.59 Å². The van der Waals surface area contributed by atoms with Crippen molar-refractivity contribution in [2.75, 3.05) is 0 Å². The van der Waals surface area contributed by atoms with Crippen LogP contribution in [0.2, 0.25) is 0 Å². The number of nitrogens with two attached hydrogens (primary N) is 2. The van der Waals surface area contributed by atoms with Crippen molar-refractivity contribution in [2.24, 2.45) is 11.5 Å². The molecule has 0 aromatic heterocycles. The Bertz CT molecular complexity index is 691. The molecule has 1 fully saturated rings. The highest BCUT2D eigenvalue weighted by Crippen LogP contribution is 2.45. The summed E-state index contributed by atoms with van der Waals surface area (Å²) in [6.45, 7) is 0. The quantitative estimate of drug-likeness (QED) is 0.909. The third-order valence-electron chi connectivity index (χ3n) is 4.76. The molecular formula is C19H20N2O2. The van der Waals surface area contributed by atoms with Crippen LogP contribution >= 0.6 is 0 Å². The van der Waals surface area contributed by atoms with Crippen molar-refractivity contribution in [3.05, 3.63) is 70.8 Å². The summed E-state index contributed by atoms with van der Waals surface area (Å²) in [7, 11) is 0. The molecule has 0 heterocycles. The molecule has 2 aromatic rings. The molecule has 2 atom stereocenters. The van der Waals surface area contributed by atoms with E-state index in [-0.39, 0.29) is 23.7 Å². The molecule has 1 aliphatic rings. The lowest BCUT2D eigenvalue weighted by Gasteiger charge is -2.16. The van der Waals surface area contributed by atoms with Crippen molar-refractivity contribution in [3.8, 4) is 0 Å². The lowest BCUT2D eigenvalue weighted by molar-refractivity contribution is 0.0990. The SMILES string of the molecule is NC(=O)c1ccccc1C1CCC(c2ccccc2C(N)=O)C1. The van der Waals surface area contributed by atoms with E-state index in [0.29, 0.717) is 11.1 Å². The molecule has 118 valence electrons. The summed E-state index contributed by atoms with van der Waals surface area (Å²) in [4.78, 5) is 23.3. The van der Waals surface area contributed by atoms with Gasteiger partial charge >= 0.3 is 0 Å². The van der Waals surface area contributed by atoms with Crippen LogP contribution in [-0.4, -0.2) is 11.8 Å². The molecule has 0 aliphatic heterocycles. The Balaban J connectivity index is 1.88. The summed E-state index contributed by atoms with van der Waals surface area (Å²) in [6, 6.07) is 15.1. The maximum Gasteiger partial charge on any atom is 0.248 e. The van der Waals surface area contributed by atoms with Gasteiger partial charge in [-0.2, -0.15) is 0 Å². The largest absolute Gasteiger partial charge is 0.366 e. The average Bonchev–Trinajstić information content (AvgIpc) is 3.04. The molecule has 1 aliphatic carbocycles. The highest BCUT2D eigenvalue weighted by Gasteiger charge is 2.30. The zero-order chi connectivity index (χ0) is 16.4. The normalized spacial score (nSPS) is 20.3. The van der Waals surface area contributed by atoms with Gasteiger partial charge in [-0.3, -0.25) is 9.59 Å². The molecule has 3 rings (SSSR count). The molecule has 4 N–H and O–H groups in total. The zero-order valence-corrected chi connectivity index (χ0v) is 12.9. The number of benzene rings is 2. The van der Waals surface area contributed by atoms with Crippen LogP contribution in [0.15, 0.2) is 48.5 Å². The molecule has 2 unspecified atom stereocenters. The van der Waals surface area contributed by atoms with Gasteiger partial charge in [0, 0.05) is 11.1 Å². The Morgan fingerprint density at radius 3 is 1.52 bits per heavy atom. The third-order valence-corrected chi connectivity index (χ3v) is 4.76. The summed E-state index contributed by atoms with van der Waals surface area (Å²) in [6.07, 6.45) is 2.85. The Morgan fingerprint density at radius 2 is 1.13 bits per heavy atom. The third kappa shape index (κ3) is 2.97. The molecule has 4 heteroatoms. The van der Waals surface area contributed by atoms with Gasteiger partial charge in [-0.25, -0.2) is 0 Å². The van der Waals surface area contributed by atoms with E-state index < -0.39 is 0 Å². The Hall–Kier alpha value is -2.62. The van der Waals surface area contributed by atoms with Crippen LogP contribution in [0.25, 0.3) is 0 Å². The number of rotatable bonds is 4. The van der Waals surface area contributed by atoms with Gasteiger partial charge < -0.3 is 11.5 Å². The lowest BCUT2D eigenvalue weighted by Crippen LogP contribution is -2.15. The molecule has 1 saturated carbocycles. The number of hydrogen-bond acceptors (Lipinski definition) is 2. The number of hydrogen-bond donors (Lipinski definition) is 2. The minimum atomic E-state index is -0.387. The van der Waals surface area contributed by atoms with E-state index in [9.17, 15) is 9.59 Å². The van der Waals surface area contributed by atoms with Crippen LogP contribution < -0.4 is 11.5 Å². The summed E-state index contributed by atoms with van der Waals surface area (Å²) >= 11 is 0. The first-order chi connectivity index (χ1) is 11.1. The fraction of sp³-hybridized carbons (Fsp3) is 0.263. The van der Waals surface area contributed by atoms with Crippen LogP contribution in [-0.2, 0) is 0 Å². The molecule has 2 amide bonds. The Kier molecular flexibility index (Phi) is 4.15. The number of primary amides is 2. The van der Waals surface area contributed by atoms with E-state index in [0.717, 1.165) is 30.4 Å². The van der Waals surface area contributed by atoms with Gasteiger partial charge in [-0.1, -0.05) is 36.4 Å². The Labute approximate surface area is 135 Å². The van der Waals surface area contributed by atoms with Crippen molar-refractivity contribution >= 4 is 11.8 Å². The molecule has 0 radical (unpaired) electrons. The zero-order valence-electron chi connectivity index (χ0n) is 12.9. The van der Waals surface area contributed by atoms with Crippen molar-refractivity contribution in [2.45, 2.75) is 31.1 Å². The van der Waals surface area contributed by atoms with E-state index in [2.05, 4.69) is 0 Å². The predicted molar refractivity (Wildman–Crippen MR) is 89.3 cm³/mol. The van der Waals surface area contributed by atoms with Crippen molar-refractivity contribution in [3.63, 3.8) is 0 Å². The minimum absolute atomic E-state index is 0.282. The molecule has 0 saturated heterocycles. The highest BCUT2D eigenvalue weighted by atomic mass is 16.1. The fourth-order valence-electron chi connectivity index (χ4n) is 3.70. The standard InChI is InChI=1S/C19H20N2O2/c20-18(22)16-7-3-1-5-14(16)12-9-10-13(11-12)15-6-2-4-8-17(15)19(21)23/h1-8,12-13H,9-11H2,(H2,20,22)(H2,21,23). The first-order valence-corrected chi connectivity index (χ1v) is 7.85. The molecule has 4 nitrogen and oxygen atoms in total. The van der Waals surface area contributed by atoms with E-state index in [4.69, 9.17) is 11.5 Å². The molecule has 2 aromatic carbocycles. The van der Waals surface area contributed by atoms with Gasteiger partial charge in [0.15, 0.2) is 0 Å². The van der Waals surface area contributed by atoms with Gasteiger partial charge in [-0.05, 0) is 54.4 Å². The molecule has 0 spiro atoms. The summed E-state index contributed by atoms with van der Waals surface area (Å²) in [5.41, 5.74) is 14.2. The topological polar surface area (TPSA) is 86.2 Å². The smallest absolute Gasteiger partial charge is 0.248 e. The van der Waals surface area contributed by atoms with Crippen molar-refractivity contribution in [1.82, 2.24) is 0 Å². The highest BCUT2D eigenvalue weighted by molar-refractivity contribution is 5.95. The van der Waals surface area contributed by atoms with Crippen LogP contribution in [0.1, 0.15) is 62.9 Å². The summed E-state index contributed by atoms with van der Waals surface area (Å²) < 4.78 is 0. The second kappa shape index (κ2) is 6.24. The Morgan fingerprint density at radius 1 is 0.739 bits per heavy atom. The van der Waals surface area contributed by atoms with E-state index in [1.54, 1.807) is 12.1 Å². The molecule has 0 bridgehead atoms. The maximum atomic E-state index is 11.6. The minimum Gasteiger partial charge on any atom is -0.366 e. The summed E-state index contributed by atoms with van der Waals surface area (Å²) in [5, 5.41) is 0. The average molecular weight is 308 g/mol. The van der Waals surface area contributed by atoms with E-state index >= 15 is 0 Å². The number of carbonyl (C=O) groups excluding carboxylic acids is 2. The van der Waals surface area contributed by atoms with Gasteiger partial charge in [-0.15, -0.1) is 0 Å². The van der Waals surface area contributed by atoms with E-state index in [1.165, 1.54) is 0 Å². The van der Waals surface area contributed by atoms with Crippen molar-refractivity contribution in [1.29, 1.82) is 0 Å². The maximum absolute atomic E-state index is 11.6. The van der Waals surface area contributed by atoms with Gasteiger partial charge in [0.2, 0.25) is 11.8 Å². The van der Waals surface area contributed by atoms with Gasteiger partial charge in [0.25, 0.3) is 0 Å². The van der Waals surface area contributed by atoms with Gasteiger partial charge in [0.1, 0.15) is 0 Å². The second-order valence-electron chi connectivity index (χ2n) is 6.11. The van der Waals surface area contributed by atoms with Crippen LogP contribution in [0.4, 0.5) is 0 Å². The van der Waals surface area contributed by atoms with Crippen LogP contribution in [0.3, 0.4) is 0 Å². The predicted octanol–water partition coefficient (Wildman–Crippen LogP) is 2.94. The first kappa shape index (κ1) is 15.3. The monoisotopic (exact) mass is 308 g/mol. The van der Waals surface area contributed by atoms with Crippen LogP contribution in [0, 0.1) is 0 Å².